The molecule has 2 aromatic rings. The first-order valence-electron chi connectivity index (χ1n) is 15.4. The van der Waals surface area contributed by atoms with Crippen LogP contribution in [-0.4, -0.2) is 101 Å². The number of likely N-dealkylation sites (tertiary alicyclic amines) is 1. The highest BCUT2D eigenvalue weighted by Crippen LogP contribution is 2.31. The molecule has 236 valence electrons. The summed E-state index contributed by atoms with van der Waals surface area (Å²) in [6.07, 6.45) is 0.960. The molecule has 2 amide bonds. The van der Waals surface area contributed by atoms with Gasteiger partial charge in [0, 0.05) is 44.2 Å². The fraction of sp³-hybridized carbons (Fsp3) is 0.594. The van der Waals surface area contributed by atoms with E-state index in [2.05, 4.69) is 22.9 Å². The Morgan fingerprint density at radius 2 is 1.84 bits per heavy atom. The SMILES string of the molecule is CN1CC[C@@H](COc2nc3c(c(N4CCN(C(=O)OCc5ccccc5)C(CC#N)C4)n2)CCN(C(=O)OC(C)(C)C)C3)C1. The summed E-state index contributed by atoms with van der Waals surface area (Å²) in [5.74, 6) is 1.13. The van der Waals surface area contributed by atoms with Crippen molar-refractivity contribution < 1.29 is 23.8 Å². The van der Waals surface area contributed by atoms with E-state index >= 15 is 0 Å². The minimum Gasteiger partial charge on any atom is -0.463 e. The van der Waals surface area contributed by atoms with Crippen molar-refractivity contribution >= 4 is 18.0 Å². The number of hydrogen-bond donors (Lipinski definition) is 0. The van der Waals surface area contributed by atoms with Gasteiger partial charge in [-0.05, 0) is 52.8 Å². The van der Waals surface area contributed by atoms with Gasteiger partial charge in [0.15, 0.2) is 0 Å². The predicted octanol–water partition coefficient (Wildman–Crippen LogP) is 3.84. The zero-order chi connectivity index (χ0) is 31.3. The van der Waals surface area contributed by atoms with Crippen LogP contribution in [0.15, 0.2) is 30.3 Å². The number of rotatable bonds is 7. The average molecular weight is 606 g/mol. The lowest BCUT2D eigenvalue weighted by Crippen LogP contribution is -2.56. The van der Waals surface area contributed by atoms with Crippen LogP contribution in [-0.2, 0) is 29.0 Å². The number of anilines is 1. The van der Waals surface area contributed by atoms with E-state index in [1.54, 1.807) is 9.80 Å². The quantitative estimate of drug-likeness (QED) is 0.460. The molecule has 2 fully saturated rings. The van der Waals surface area contributed by atoms with Gasteiger partial charge in [-0.3, -0.25) is 0 Å². The molecule has 4 heterocycles. The van der Waals surface area contributed by atoms with Crippen LogP contribution in [0, 0.1) is 17.2 Å². The van der Waals surface area contributed by atoms with Crippen molar-refractivity contribution in [3.8, 4) is 12.1 Å². The van der Waals surface area contributed by atoms with Crippen molar-refractivity contribution in [1.29, 1.82) is 5.26 Å². The maximum atomic E-state index is 13.1. The summed E-state index contributed by atoms with van der Waals surface area (Å²) in [7, 11) is 2.10. The average Bonchev–Trinajstić information content (AvgIpc) is 3.42. The zero-order valence-electron chi connectivity index (χ0n) is 26.2. The maximum absolute atomic E-state index is 13.1. The van der Waals surface area contributed by atoms with E-state index in [1.165, 1.54) is 0 Å². The number of piperazine rings is 1. The molecule has 2 atom stereocenters. The molecule has 1 aromatic carbocycles. The van der Waals surface area contributed by atoms with Crippen LogP contribution in [0.4, 0.5) is 15.4 Å². The van der Waals surface area contributed by atoms with Gasteiger partial charge in [0.25, 0.3) is 0 Å². The zero-order valence-corrected chi connectivity index (χ0v) is 26.2. The Kier molecular flexibility index (Phi) is 9.74. The van der Waals surface area contributed by atoms with E-state index in [-0.39, 0.29) is 37.7 Å². The lowest BCUT2D eigenvalue weighted by molar-refractivity contribution is 0.0220. The van der Waals surface area contributed by atoms with Gasteiger partial charge >= 0.3 is 18.2 Å². The van der Waals surface area contributed by atoms with Crippen molar-refractivity contribution in [2.75, 3.05) is 57.8 Å². The standard InChI is InChI=1S/C32H43N7O5/c1-32(2,3)44-30(40)38-15-12-26-27(20-38)34-29(42-22-24-11-14-36(4)18-24)35-28(26)37-16-17-39(25(19-37)10-13-33)31(41)43-21-23-8-6-5-7-9-23/h5-9,24-25H,10-12,14-22H2,1-4H3/t24-,25?/m1/s1. The summed E-state index contributed by atoms with van der Waals surface area (Å²) < 4.78 is 17.4. The van der Waals surface area contributed by atoms with Crippen LogP contribution in [0.1, 0.15) is 50.4 Å². The van der Waals surface area contributed by atoms with Gasteiger partial charge in [0.1, 0.15) is 18.0 Å². The Labute approximate surface area is 259 Å². The molecule has 3 aliphatic heterocycles. The van der Waals surface area contributed by atoms with Gasteiger partial charge in [-0.25, -0.2) is 9.59 Å². The van der Waals surface area contributed by atoms with E-state index in [0.29, 0.717) is 45.1 Å². The summed E-state index contributed by atoms with van der Waals surface area (Å²) >= 11 is 0. The molecule has 12 heteroatoms. The maximum Gasteiger partial charge on any atom is 0.410 e. The van der Waals surface area contributed by atoms with Crippen LogP contribution in [0.5, 0.6) is 6.01 Å². The van der Waals surface area contributed by atoms with E-state index in [1.807, 2.05) is 51.1 Å². The lowest BCUT2D eigenvalue weighted by atomic mass is 10.0. The predicted molar refractivity (Wildman–Crippen MR) is 163 cm³/mol. The fourth-order valence-corrected chi connectivity index (χ4v) is 5.92. The van der Waals surface area contributed by atoms with Gasteiger partial charge in [-0.15, -0.1) is 0 Å². The van der Waals surface area contributed by atoms with E-state index in [0.717, 1.165) is 42.1 Å². The molecule has 0 N–H and O–H groups in total. The van der Waals surface area contributed by atoms with E-state index in [4.69, 9.17) is 24.2 Å². The van der Waals surface area contributed by atoms with Crippen LogP contribution < -0.4 is 9.64 Å². The second-order valence-electron chi connectivity index (χ2n) is 12.8. The molecule has 0 radical (unpaired) electrons. The van der Waals surface area contributed by atoms with Gasteiger partial charge in [0.2, 0.25) is 0 Å². The van der Waals surface area contributed by atoms with Crippen molar-refractivity contribution in [2.24, 2.45) is 5.92 Å². The third-order valence-corrected chi connectivity index (χ3v) is 8.16. The number of hydrogen-bond acceptors (Lipinski definition) is 10. The first kappa shape index (κ1) is 31.3. The molecule has 5 rings (SSSR count). The van der Waals surface area contributed by atoms with Gasteiger partial charge < -0.3 is 33.8 Å². The second-order valence-corrected chi connectivity index (χ2v) is 12.8. The van der Waals surface area contributed by atoms with Crippen LogP contribution >= 0.6 is 0 Å². The van der Waals surface area contributed by atoms with Gasteiger partial charge in [-0.2, -0.15) is 15.2 Å². The highest BCUT2D eigenvalue weighted by Gasteiger charge is 2.36. The molecule has 1 unspecified atom stereocenters. The van der Waals surface area contributed by atoms with E-state index < -0.39 is 11.7 Å². The van der Waals surface area contributed by atoms with Crippen molar-refractivity contribution in [1.82, 2.24) is 24.7 Å². The van der Waals surface area contributed by atoms with Crippen LogP contribution in [0.2, 0.25) is 0 Å². The number of carbonyl (C=O) groups is 2. The summed E-state index contributed by atoms with van der Waals surface area (Å²) in [5, 5.41) is 9.63. The summed E-state index contributed by atoms with van der Waals surface area (Å²) in [5.41, 5.74) is 1.98. The van der Waals surface area contributed by atoms with Crippen molar-refractivity contribution in [3.05, 3.63) is 47.2 Å². The van der Waals surface area contributed by atoms with Crippen molar-refractivity contribution in [3.63, 3.8) is 0 Å². The molecule has 1 aromatic heterocycles. The number of nitriles is 1. The summed E-state index contributed by atoms with van der Waals surface area (Å²) in [4.78, 5) is 43.4. The number of ether oxygens (including phenoxy) is 3. The topological polar surface area (TPSA) is 124 Å². The Balaban J connectivity index is 1.35. The second kappa shape index (κ2) is 13.7. The monoisotopic (exact) mass is 605 g/mol. The Hall–Kier alpha value is -4.11. The molecular formula is C32H43N7O5. The Morgan fingerprint density at radius 3 is 2.55 bits per heavy atom. The highest BCUT2D eigenvalue weighted by molar-refractivity contribution is 5.70. The molecule has 0 bridgehead atoms. The van der Waals surface area contributed by atoms with Gasteiger partial charge in [-0.1, -0.05) is 30.3 Å². The lowest BCUT2D eigenvalue weighted by Gasteiger charge is -2.41. The number of amides is 2. The number of carbonyl (C=O) groups excluding carboxylic acids is 2. The summed E-state index contributed by atoms with van der Waals surface area (Å²) in [6.45, 7) is 10.3. The molecule has 0 saturated carbocycles. The minimum absolute atomic E-state index is 0.162. The Bertz CT molecular complexity index is 1360. The third kappa shape index (κ3) is 7.88. The van der Waals surface area contributed by atoms with Gasteiger partial charge in [0.05, 0.1) is 37.4 Å². The smallest absolute Gasteiger partial charge is 0.410 e. The molecule has 0 aliphatic carbocycles. The molecule has 12 nitrogen and oxygen atoms in total. The molecule has 2 saturated heterocycles. The number of nitrogens with zero attached hydrogens (tertiary/aromatic N) is 7. The van der Waals surface area contributed by atoms with Crippen LogP contribution in [0.3, 0.4) is 0 Å². The molecule has 44 heavy (non-hydrogen) atoms. The Morgan fingerprint density at radius 1 is 1.05 bits per heavy atom. The number of aromatic nitrogens is 2. The highest BCUT2D eigenvalue weighted by atomic mass is 16.6. The fourth-order valence-electron chi connectivity index (χ4n) is 5.92. The normalized spacial score (nSPS) is 20.6. The van der Waals surface area contributed by atoms with Crippen LogP contribution in [0.25, 0.3) is 0 Å². The largest absolute Gasteiger partial charge is 0.463 e. The van der Waals surface area contributed by atoms with Crippen molar-refractivity contribution in [2.45, 2.75) is 64.8 Å². The molecule has 0 spiro atoms. The number of fused-ring (bicyclic) bond motifs is 1. The first-order chi connectivity index (χ1) is 21.1. The van der Waals surface area contributed by atoms with E-state index in [9.17, 15) is 14.9 Å². The summed E-state index contributed by atoms with van der Waals surface area (Å²) in [6, 6.07) is 11.7. The third-order valence-electron chi connectivity index (χ3n) is 8.16. The minimum atomic E-state index is -0.603. The molecule has 3 aliphatic rings. The number of benzene rings is 1. The first-order valence-corrected chi connectivity index (χ1v) is 15.4. The molecular weight excluding hydrogens is 562 g/mol.